The Bertz CT molecular complexity index is 1020. The summed E-state index contributed by atoms with van der Waals surface area (Å²) in [6.45, 7) is 9.20. The average molecular weight is 510 g/mol. The van der Waals surface area contributed by atoms with Gasteiger partial charge in [-0.3, -0.25) is 0 Å². The number of benzene rings is 2. The fourth-order valence-electron chi connectivity index (χ4n) is 5.24. The van der Waals surface area contributed by atoms with Gasteiger partial charge >= 0.3 is 5.97 Å². The second-order valence-corrected chi connectivity index (χ2v) is 10.4. The number of hydrogen-bond donors (Lipinski definition) is 2. The van der Waals surface area contributed by atoms with E-state index < -0.39 is 12.1 Å². The molecule has 1 unspecified atom stereocenters. The SMILES string of the molecule is CCOC(=O)/C=C/c1c(OC)cccc1[C@@H](CC)OCC(O)CNC(C)(C)CC1Cc2ccccc2C1. The molecular formula is C31H43NO5. The molecule has 0 bridgehead atoms. The Labute approximate surface area is 222 Å². The maximum absolute atomic E-state index is 11.9. The minimum Gasteiger partial charge on any atom is -0.496 e. The van der Waals surface area contributed by atoms with Gasteiger partial charge in [-0.2, -0.15) is 0 Å². The molecule has 3 rings (SSSR count). The maximum atomic E-state index is 11.9. The number of rotatable bonds is 14. The van der Waals surface area contributed by atoms with E-state index in [9.17, 15) is 9.90 Å². The third-order valence-electron chi connectivity index (χ3n) is 6.95. The average Bonchev–Trinajstić information content (AvgIpc) is 3.28. The van der Waals surface area contributed by atoms with Gasteiger partial charge in [-0.05, 0) is 81.2 Å². The first kappa shape index (κ1) is 28.9. The molecule has 2 atom stereocenters. The lowest BCUT2D eigenvalue weighted by atomic mass is 9.88. The number of aliphatic hydroxyl groups excluding tert-OH is 1. The topological polar surface area (TPSA) is 77.0 Å². The summed E-state index contributed by atoms with van der Waals surface area (Å²) in [7, 11) is 1.60. The van der Waals surface area contributed by atoms with E-state index in [1.807, 2.05) is 25.1 Å². The van der Waals surface area contributed by atoms with Crippen LogP contribution in [0.2, 0.25) is 0 Å². The monoisotopic (exact) mass is 509 g/mol. The number of β-amino-alcohol motifs (C(OH)–C–C–N with tert-alkyl or cyclic N) is 1. The van der Waals surface area contributed by atoms with Gasteiger partial charge in [0.1, 0.15) is 5.75 Å². The molecule has 0 aliphatic heterocycles. The second-order valence-electron chi connectivity index (χ2n) is 10.4. The molecular weight excluding hydrogens is 466 g/mol. The number of carbonyl (C=O) groups excluding carboxylic acids is 1. The molecule has 0 heterocycles. The van der Waals surface area contributed by atoms with Gasteiger partial charge in [-0.1, -0.05) is 43.3 Å². The Morgan fingerprint density at radius 1 is 1.14 bits per heavy atom. The fourth-order valence-corrected chi connectivity index (χ4v) is 5.24. The molecule has 0 spiro atoms. The molecule has 0 saturated heterocycles. The minimum absolute atomic E-state index is 0.0876. The van der Waals surface area contributed by atoms with Gasteiger partial charge in [0.15, 0.2) is 0 Å². The third kappa shape index (κ3) is 8.42. The van der Waals surface area contributed by atoms with Crippen molar-refractivity contribution in [1.29, 1.82) is 0 Å². The van der Waals surface area contributed by atoms with Gasteiger partial charge in [0, 0.05) is 23.7 Å². The molecule has 2 aromatic carbocycles. The number of nitrogens with one attached hydrogen (secondary N) is 1. The predicted octanol–water partition coefficient (Wildman–Crippen LogP) is 5.27. The van der Waals surface area contributed by atoms with Gasteiger partial charge in [0.25, 0.3) is 0 Å². The lowest BCUT2D eigenvalue weighted by Gasteiger charge is -2.31. The van der Waals surface area contributed by atoms with Crippen LogP contribution in [0.15, 0.2) is 48.5 Å². The van der Waals surface area contributed by atoms with Crippen molar-refractivity contribution in [2.75, 3.05) is 26.9 Å². The zero-order chi connectivity index (χ0) is 26.8. The van der Waals surface area contributed by atoms with Crippen molar-refractivity contribution in [3.8, 4) is 5.75 Å². The van der Waals surface area contributed by atoms with E-state index in [0.717, 1.165) is 30.4 Å². The number of carbonyl (C=O) groups is 1. The number of methoxy groups -OCH3 is 1. The Kier molecular flexibility index (Phi) is 10.7. The first-order valence-corrected chi connectivity index (χ1v) is 13.4. The molecule has 202 valence electrons. The molecule has 6 heteroatoms. The van der Waals surface area contributed by atoms with Crippen LogP contribution in [0.3, 0.4) is 0 Å². The van der Waals surface area contributed by atoms with Crippen LogP contribution in [0.4, 0.5) is 0 Å². The lowest BCUT2D eigenvalue weighted by Crippen LogP contribution is -2.45. The van der Waals surface area contributed by atoms with Crippen LogP contribution in [0.1, 0.15) is 68.9 Å². The van der Waals surface area contributed by atoms with E-state index in [2.05, 4.69) is 43.4 Å². The zero-order valence-electron chi connectivity index (χ0n) is 23.0. The Balaban J connectivity index is 1.55. The highest BCUT2D eigenvalue weighted by Gasteiger charge is 2.28. The zero-order valence-corrected chi connectivity index (χ0v) is 23.0. The number of fused-ring (bicyclic) bond motifs is 1. The summed E-state index contributed by atoms with van der Waals surface area (Å²) in [5, 5.41) is 14.3. The van der Waals surface area contributed by atoms with Gasteiger partial charge in [0.05, 0.1) is 32.5 Å². The standard InChI is InChI=1S/C31H43NO5/c1-6-28(26-13-10-14-29(35-5)27(26)15-16-30(34)36-7-2)37-21-25(33)20-32-31(3,4)19-22-17-23-11-8-9-12-24(23)18-22/h8-16,22,25,28,32-33H,6-7,17-21H2,1-5H3/b16-15+/t25?,28-/m1/s1. The Hall–Kier alpha value is -2.67. The quantitative estimate of drug-likeness (QED) is 0.267. The predicted molar refractivity (Wildman–Crippen MR) is 148 cm³/mol. The highest BCUT2D eigenvalue weighted by atomic mass is 16.5. The third-order valence-corrected chi connectivity index (χ3v) is 6.95. The number of esters is 1. The van der Waals surface area contributed by atoms with E-state index in [1.54, 1.807) is 20.1 Å². The molecule has 1 aliphatic rings. The van der Waals surface area contributed by atoms with Crippen molar-refractivity contribution in [2.45, 2.75) is 71.1 Å². The number of aliphatic hydroxyl groups is 1. The van der Waals surface area contributed by atoms with Crippen LogP contribution in [0.25, 0.3) is 6.08 Å². The van der Waals surface area contributed by atoms with Gasteiger partial charge in [0.2, 0.25) is 0 Å². The van der Waals surface area contributed by atoms with E-state index >= 15 is 0 Å². The molecule has 6 nitrogen and oxygen atoms in total. The smallest absolute Gasteiger partial charge is 0.330 e. The molecule has 0 saturated carbocycles. The largest absolute Gasteiger partial charge is 0.496 e. The van der Waals surface area contributed by atoms with Crippen molar-refractivity contribution >= 4 is 12.0 Å². The fraction of sp³-hybridized carbons (Fsp3) is 0.516. The Morgan fingerprint density at radius 2 is 1.84 bits per heavy atom. The van der Waals surface area contributed by atoms with Crippen LogP contribution in [0, 0.1) is 5.92 Å². The van der Waals surface area contributed by atoms with Crippen LogP contribution in [-0.2, 0) is 27.1 Å². The molecule has 1 aliphatic carbocycles. The molecule has 37 heavy (non-hydrogen) atoms. The van der Waals surface area contributed by atoms with Crippen LogP contribution < -0.4 is 10.1 Å². The van der Waals surface area contributed by atoms with E-state index in [1.165, 1.54) is 17.2 Å². The molecule has 2 aromatic rings. The minimum atomic E-state index is -0.641. The van der Waals surface area contributed by atoms with Crippen molar-refractivity contribution < 1.29 is 24.1 Å². The summed E-state index contributed by atoms with van der Waals surface area (Å²) in [5.74, 6) is 0.865. The maximum Gasteiger partial charge on any atom is 0.330 e. The molecule has 0 aromatic heterocycles. The highest BCUT2D eigenvalue weighted by Crippen LogP contribution is 2.33. The van der Waals surface area contributed by atoms with Gasteiger partial charge < -0.3 is 24.6 Å². The molecule has 0 radical (unpaired) electrons. The summed E-state index contributed by atoms with van der Waals surface area (Å²) in [5.41, 5.74) is 4.53. The van der Waals surface area contributed by atoms with Crippen LogP contribution in [0.5, 0.6) is 5.75 Å². The second kappa shape index (κ2) is 13.8. The Morgan fingerprint density at radius 3 is 2.46 bits per heavy atom. The summed E-state index contributed by atoms with van der Waals surface area (Å²) < 4.78 is 16.7. The molecule has 0 fully saturated rings. The summed E-state index contributed by atoms with van der Waals surface area (Å²) >= 11 is 0. The van der Waals surface area contributed by atoms with E-state index in [-0.39, 0.29) is 18.2 Å². The molecule has 0 amide bonds. The van der Waals surface area contributed by atoms with Crippen molar-refractivity contribution in [1.82, 2.24) is 5.32 Å². The number of ether oxygens (including phenoxy) is 3. The summed E-state index contributed by atoms with van der Waals surface area (Å²) in [6, 6.07) is 14.4. The first-order chi connectivity index (χ1) is 17.8. The normalized spacial score (nSPS) is 15.5. The molecule has 2 N–H and O–H groups in total. The van der Waals surface area contributed by atoms with Gasteiger partial charge in [-0.15, -0.1) is 0 Å². The van der Waals surface area contributed by atoms with Crippen molar-refractivity contribution in [2.24, 2.45) is 5.92 Å². The first-order valence-electron chi connectivity index (χ1n) is 13.4. The summed E-state index contributed by atoms with van der Waals surface area (Å²) in [6.07, 6.45) is 6.22. The van der Waals surface area contributed by atoms with Crippen LogP contribution in [-0.4, -0.2) is 49.6 Å². The van der Waals surface area contributed by atoms with E-state index in [0.29, 0.717) is 31.2 Å². The summed E-state index contributed by atoms with van der Waals surface area (Å²) in [4.78, 5) is 11.9. The van der Waals surface area contributed by atoms with Crippen molar-refractivity contribution in [3.05, 3.63) is 70.8 Å². The van der Waals surface area contributed by atoms with Crippen molar-refractivity contribution in [3.63, 3.8) is 0 Å². The lowest BCUT2D eigenvalue weighted by molar-refractivity contribution is -0.137. The number of hydrogen-bond acceptors (Lipinski definition) is 6. The van der Waals surface area contributed by atoms with Gasteiger partial charge in [-0.25, -0.2) is 4.79 Å². The highest BCUT2D eigenvalue weighted by molar-refractivity contribution is 5.88. The van der Waals surface area contributed by atoms with Crippen LogP contribution >= 0.6 is 0 Å². The van der Waals surface area contributed by atoms with E-state index in [4.69, 9.17) is 14.2 Å².